The summed E-state index contributed by atoms with van der Waals surface area (Å²) in [5.74, 6) is 0. The Bertz CT molecular complexity index is 402. The first kappa shape index (κ1) is 25.5. The summed E-state index contributed by atoms with van der Waals surface area (Å²) in [5.41, 5.74) is 0. The fourth-order valence-corrected chi connectivity index (χ4v) is 31.8. The maximum atomic E-state index is 17.7. The Kier molecular flexibility index (Phi) is 6.70. The highest BCUT2D eigenvalue weighted by molar-refractivity contribution is 7.06. The molecule has 0 aromatic heterocycles. The molecule has 0 aromatic rings. The molecule has 0 aliphatic heterocycles. The Balaban J connectivity index is 7.27. The maximum Gasteiger partial charge on any atom is 0.320 e. The van der Waals surface area contributed by atoms with Crippen molar-refractivity contribution in [3.05, 3.63) is 0 Å². The van der Waals surface area contributed by atoms with Gasteiger partial charge in [0.25, 0.3) is 0 Å². The molecule has 0 bridgehead atoms. The van der Waals surface area contributed by atoms with Crippen molar-refractivity contribution in [1.82, 2.24) is 3.90 Å². The first-order chi connectivity index (χ1) is 10.4. The number of hydrogen-bond donors (Lipinski definition) is 0. The lowest BCUT2D eigenvalue weighted by atomic mass is 10.2. The van der Waals surface area contributed by atoms with E-state index in [-0.39, 0.29) is 20.2 Å². The van der Waals surface area contributed by atoms with Crippen molar-refractivity contribution >= 4 is 25.0 Å². The molecule has 5 heteroatoms. The van der Waals surface area contributed by atoms with Gasteiger partial charge in [-0.05, 0) is 20.2 Å². The average molecular weight is 406 g/mol. The molecule has 0 spiro atoms. The van der Waals surface area contributed by atoms with Crippen LogP contribution in [-0.4, -0.2) is 28.9 Å². The zero-order valence-electron chi connectivity index (χ0n) is 20.3. The van der Waals surface area contributed by atoms with Crippen LogP contribution in [0, 0.1) is 0 Å². The predicted octanol–water partition coefficient (Wildman–Crippen LogP) is 8.31. The van der Waals surface area contributed by atoms with Crippen LogP contribution in [0.25, 0.3) is 0 Å². The fourth-order valence-electron chi connectivity index (χ4n) is 5.03. The molecule has 0 saturated carbocycles. The average Bonchev–Trinajstić information content (AvgIpc) is 2.20. The van der Waals surface area contributed by atoms with Gasteiger partial charge in [-0.25, -0.2) is 0 Å². The van der Waals surface area contributed by atoms with Crippen molar-refractivity contribution in [2.24, 2.45) is 0 Å². The van der Waals surface area contributed by atoms with Gasteiger partial charge in [-0.3, -0.25) is 4.11 Å². The molecule has 0 aliphatic carbocycles. The van der Waals surface area contributed by atoms with Crippen molar-refractivity contribution in [3.8, 4) is 0 Å². The van der Waals surface area contributed by atoms with Gasteiger partial charge in [-0.15, -0.1) is 0 Å². The number of hydrogen-bond acceptors (Lipinski definition) is 1. The molecule has 0 unspecified atom stereocenters. The van der Waals surface area contributed by atoms with Crippen LogP contribution in [0.4, 0.5) is 4.11 Å². The normalized spacial score (nSPS) is 16.6. The molecule has 25 heavy (non-hydrogen) atoms. The Hall–Kier alpha value is 0.541. The van der Waals surface area contributed by atoms with Crippen LogP contribution in [0.5, 0.6) is 0 Å². The molecule has 0 heterocycles. The van der Waals surface area contributed by atoms with E-state index in [2.05, 4.69) is 113 Å². The Morgan fingerprint density at radius 2 is 0.760 bits per heavy atom. The fraction of sp³-hybridized carbons (Fsp3) is 1.00. The second kappa shape index (κ2) is 6.56. The molecule has 0 rings (SSSR count). The molecule has 152 valence electrons. The number of halogens is 1. The molecule has 0 N–H and O–H groups in total. The topological polar surface area (TPSA) is 3.24 Å². The van der Waals surface area contributed by atoms with Crippen LogP contribution >= 0.6 is 0 Å². The van der Waals surface area contributed by atoms with E-state index in [4.69, 9.17) is 0 Å². The highest BCUT2D eigenvalue weighted by Crippen LogP contribution is 2.62. The molecule has 0 fully saturated rings. The van der Waals surface area contributed by atoms with E-state index < -0.39 is 25.0 Å². The molecular weight excluding hydrogens is 357 g/mol. The third-order valence-electron chi connectivity index (χ3n) is 6.33. The summed E-state index contributed by atoms with van der Waals surface area (Å²) in [5, 5.41) is -0.439. The highest BCUT2D eigenvalue weighted by Gasteiger charge is 2.70. The Labute approximate surface area is 162 Å². The molecule has 0 amide bonds. The van der Waals surface area contributed by atoms with Gasteiger partial charge in [0.1, 0.15) is 16.5 Å². The van der Waals surface area contributed by atoms with Crippen LogP contribution in [0.2, 0.25) is 46.3 Å². The van der Waals surface area contributed by atoms with Crippen LogP contribution in [-0.2, 0) is 0 Å². The monoisotopic (exact) mass is 405 g/mol. The molecule has 0 atom stereocenters. The molecular formula is C20H48FNSi3. The van der Waals surface area contributed by atoms with Crippen molar-refractivity contribution in [2.45, 2.75) is 129 Å². The first-order valence-corrected chi connectivity index (χ1v) is 17.6. The molecule has 0 radical (unpaired) electrons. The smallest absolute Gasteiger partial charge is 0.320 e. The standard InChI is InChI=1S/C20H48FNSi3/c1-17(2,3)24(16,18(4,5)6)22(23(13,14)15)25(21,19(7,8)9)20(10,11)12/h1-16H3. The second-order valence-electron chi connectivity index (χ2n) is 13.2. The number of rotatable bonds is 3. The van der Waals surface area contributed by atoms with Crippen molar-refractivity contribution in [1.29, 1.82) is 0 Å². The van der Waals surface area contributed by atoms with E-state index in [9.17, 15) is 0 Å². The van der Waals surface area contributed by atoms with Gasteiger partial charge >= 0.3 is 8.57 Å². The highest BCUT2D eigenvalue weighted by atomic mass is 28.5. The Morgan fingerprint density at radius 3 is 0.880 bits per heavy atom. The molecule has 0 saturated heterocycles. The summed E-state index contributed by atoms with van der Waals surface area (Å²) in [4.78, 5) is 0. The van der Waals surface area contributed by atoms with Gasteiger partial charge in [0, 0.05) is 0 Å². The van der Waals surface area contributed by atoms with E-state index >= 15 is 4.11 Å². The quantitative estimate of drug-likeness (QED) is 0.337. The van der Waals surface area contributed by atoms with Gasteiger partial charge in [0.2, 0.25) is 0 Å². The molecule has 0 aromatic carbocycles. The third-order valence-corrected chi connectivity index (χ3v) is 27.6. The van der Waals surface area contributed by atoms with Crippen LogP contribution in [0.15, 0.2) is 0 Å². The summed E-state index contributed by atoms with van der Waals surface area (Å²) < 4.78 is 20.3. The molecule has 0 aliphatic rings. The second-order valence-corrected chi connectivity index (χ2v) is 29.6. The first-order valence-electron chi connectivity index (χ1n) is 9.86. The summed E-state index contributed by atoms with van der Waals surface area (Å²) in [6, 6.07) is 0. The Morgan fingerprint density at radius 1 is 0.520 bits per heavy atom. The van der Waals surface area contributed by atoms with Crippen LogP contribution in [0.3, 0.4) is 0 Å². The van der Waals surface area contributed by atoms with Crippen molar-refractivity contribution in [2.75, 3.05) is 0 Å². The van der Waals surface area contributed by atoms with E-state index in [1.807, 2.05) is 0 Å². The van der Waals surface area contributed by atoms with Gasteiger partial charge < -0.3 is 3.90 Å². The largest absolute Gasteiger partial charge is 0.341 e. The van der Waals surface area contributed by atoms with Gasteiger partial charge in [0.05, 0.1) is 0 Å². The SMILES string of the molecule is CC(C)(C)[Si](C)(N([Si](C)(C)C)[Si](F)(C(C)(C)C)C(C)(C)C)C(C)(C)C. The van der Waals surface area contributed by atoms with Gasteiger partial charge in [0.15, 0.2) is 0 Å². The summed E-state index contributed by atoms with van der Waals surface area (Å²) in [6.45, 7) is 36.6. The lowest BCUT2D eigenvalue weighted by molar-refractivity contribution is 0.436. The van der Waals surface area contributed by atoms with Crippen LogP contribution < -0.4 is 0 Å². The lowest BCUT2D eigenvalue weighted by Gasteiger charge is -2.67. The zero-order chi connectivity index (χ0) is 21.1. The minimum absolute atomic E-state index is 0.104. The zero-order valence-corrected chi connectivity index (χ0v) is 23.3. The summed E-state index contributed by atoms with van der Waals surface area (Å²) in [6.07, 6.45) is 0. The van der Waals surface area contributed by atoms with Gasteiger partial charge in [-0.1, -0.05) is 109 Å². The van der Waals surface area contributed by atoms with Crippen molar-refractivity contribution in [3.63, 3.8) is 0 Å². The minimum Gasteiger partial charge on any atom is -0.341 e. The van der Waals surface area contributed by atoms with E-state index in [0.717, 1.165) is 0 Å². The minimum atomic E-state index is -3.32. The van der Waals surface area contributed by atoms with Gasteiger partial charge in [-0.2, -0.15) is 0 Å². The van der Waals surface area contributed by atoms with E-state index in [1.165, 1.54) is 0 Å². The van der Waals surface area contributed by atoms with Crippen molar-refractivity contribution < 1.29 is 4.11 Å². The number of nitrogens with zero attached hydrogens (tertiary/aromatic N) is 1. The molecule has 1 nitrogen and oxygen atoms in total. The predicted molar refractivity (Wildman–Crippen MR) is 123 cm³/mol. The summed E-state index contributed by atoms with van der Waals surface area (Å²) >= 11 is 0. The summed E-state index contributed by atoms with van der Waals surface area (Å²) in [7, 11) is -7.42. The van der Waals surface area contributed by atoms with Crippen LogP contribution in [0.1, 0.15) is 83.1 Å². The maximum absolute atomic E-state index is 17.7. The van der Waals surface area contributed by atoms with E-state index in [0.29, 0.717) is 0 Å². The van der Waals surface area contributed by atoms with E-state index in [1.54, 1.807) is 0 Å². The lowest BCUT2D eigenvalue weighted by Crippen LogP contribution is -2.81. The third kappa shape index (κ3) is 4.19.